The molecule has 2 saturated carbocycles. The van der Waals surface area contributed by atoms with E-state index in [2.05, 4.69) is 19.0 Å². The SMILES string of the molecule is CN(C)C1CC2(CCN(C(=O)C3CC(F)(F)C3)CC2)C1. The van der Waals surface area contributed by atoms with E-state index in [4.69, 9.17) is 0 Å². The smallest absolute Gasteiger partial charge is 0.249 e. The van der Waals surface area contributed by atoms with Crippen LogP contribution in [-0.2, 0) is 4.79 Å². The van der Waals surface area contributed by atoms with Gasteiger partial charge < -0.3 is 9.80 Å². The maximum atomic E-state index is 12.8. The molecule has 0 aromatic heterocycles. The third kappa shape index (κ3) is 2.45. The van der Waals surface area contributed by atoms with E-state index >= 15 is 0 Å². The third-order valence-corrected chi connectivity index (χ3v) is 5.64. The minimum Gasteiger partial charge on any atom is -0.342 e. The number of carbonyl (C=O) groups excluding carboxylic acids is 1. The Morgan fingerprint density at radius 2 is 1.65 bits per heavy atom. The van der Waals surface area contributed by atoms with Crippen molar-refractivity contribution in [3.05, 3.63) is 0 Å². The molecule has 0 aromatic rings. The van der Waals surface area contributed by atoms with Gasteiger partial charge in [0.15, 0.2) is 0 Å². The van der Waals surface area contributed by atoms with Gasteiger partial charge in [0.25, 0.3) is 0 Å². The molecule has 1 spiro atoms. The lowest BCUT2D eigenvalue weighted by Crippen LogP contribution is -2.56. The molecule has 1 aliphatic heterocycles. The van der Waals surface area contributed by atoms with E-state index < -0.39 is 11.8 Å². The van der Waals surface area contributed by atoms with Gasteiger partial charge in [-0.1, -0.05) is 0 Å². The van der Waals surface area contributed by atoms with Crippen LogP contribution in [0.25, 0.3) is 0 Å². The maximum Gasteiger partial charge on any atom is 0.249 e. The number of nitrogens with zero attached hydrogens (tertiary/aromatic N) is 2. The van der Waals surface area contributed by atoms with Crippen LogP contribution in [0.1, 0.15) is 38.5 Å². The van der Waals surface area contributed by atoms with Crippen molar-refractivity contribution in [2.75, 3.05) is 27.2 Å². The molecule has 0 aromatic carbocycles. The van der Waals surface area contributed by atoms with Gasteiger partial charge in [-0.3, -0.25) is 4.79 Å². The fourth-order valence-electron chi connectivity index (χ4n) is 4.01. The van der Waals surface area contributed by atoms with Gasteiger partial charge in [0.2, 0.25) is 11.8 Å². The number of piperidine rings is 1. The first-order chi connectivity index (χ1) is 9.30. The molecule has 5 heteroatoms. The van der Waals surface area contributed by atoms with E-state index in [1.165, 1.54) is 12.8 Å². The zero-order chi connectivity index (χ0) is 14.5. The van der Waals surface area contributed by atoms with Crippen molar-refractivity contribution in [3.8, 4) is 0 Å². The highest BCUT2D eigenvalue weighted by Gasteiger charge is 2.51. The number of carbonyl (C=O) groups is 1. The topological polar surface area (TPSA) is 23.6 Å². The molecule has 114 valence electrons. The molecule has 1 saturated heterocycles. The van der Waals surface area contributed by atoms with Gasteiger partial charge in [-0.05, 0) is 45.2 Å². The normalized spacial score (nSPS) is 29.4. The van der Waals surface area contributed by atoms with Crippen LogP contribution in [0.3, 0.4) is 0 Å². The average molecular weight is 286 g/mol. The third-order valence-electron chi connectivity index (χ3n) is 5.64. The largest absolute Gasteiger partial charge is 0.342 e. The lowest BCUT2D eigenvalue weighted by atomic mass is 9.60. The molecule has 0 atom stereocenters. The Morgan fingerprint density at radius 1 is 1.10 bits per heavy atom. The van der Waals surface area contributed by atoms with Crippen molar-refractivity contribution in [3.63, 3.8) is 0 Å². The van der Waals surface area contributed by atoms with Crippen LogP contribution >= 0.6 is 0 Å². The predicted molar refractivity (Wildman–Crippen MR) is 72.6 cm³/mol. The molecule has 20 heavy (non-hydrogen) atoms. The predicted octanol–water partition coefficient (Wildman–Crippen LogP) is 2.36. The molecule has 2 aliphatic carbocycles. The van der Waals surface area contributed by atoms with Gasteiger partial charge in [-0.15, -0.1) is 0 Å². The number of hydrogen-bond donors (Lipinski definition) is 0. The second-order valence-corrected chi connectivity index (χ2v) is 7.31. The van der Waals surface area contributed by atoms with Gasteiger partial charge >= 0.3 is 0 Å². The van der Waals surface area contributed by atoms with E-state index in [1.54, 1.807) is 0 Å². The Balaban J connectivity index is 1.47. The van der Waals surface area contributed by atoms with Crippen molar-refractivity contribution in [2.24, 2.45) is 11.3 Å². The van der Waals surface area contributed by atoms with Gasteiger partial charge in [0, 0.05) is 37.9 Å². The second-order valence-electron chi connectivity index (χ2n) is 7.31. The van der Waals surface area contributed by atoms with Crippen LogP contribution in [-0.4, -0.2) is 54.9 Å². The van der Waals surface area contributed by atoms with E-state index in [9.17, 15) is 13.6 Å². The van der Waals surface area contributed by atoms with Crippen LogP contribution in [0, 0.1) is 11.3 Å². The summed E-state index contributed by atoms with van der Waals surface area (Å²) in [5.74, 6) is -3.05. The van der Waals surface area contributed by atoms with Crippen LogP contribution < -0.4 is 0 Å². The molecule has 0 radical (unpaired) electrons. The Bertz CT molecular complexity index is 387. The van der Waals surface area contributed by atoms with Gasteiger partial charge in [-0.2, -0.15) is 0 Å². The molecule has 0 unspecified atom stereocenters. The zero-order valence-corrected chi connectivity index (χ0v) is 12.4. The highest BCUT2D eigenvalue weighted by Crippen LogP contribution is 2.51. The van der Waals surface area contributed by atoms with Crippen LogP contribution in [0.15, 0.2) is 0 Å². The minimum atomic E-state index is -2.59. The Hall–Kier alpha value is -0.710. The number of rotatable bonds is 2. The van der Waals surface area contributed by atoms with E-state index in [0.29, 0.717) is 11.5 Å². The van der Waals surface area contributed by atoms with Crippen LogP contribution in [0.2, 0.25) is 0 Å². The molecule has 1 heterocycles. The monoisotopic (exact) mass is 286 g/mol. The van der Waals surface area contributed by atoms with E-state index in [-0.39, 0.29) is 18.7 Å². The summed E-state index contributed by atoms with van der Waals surface area (Å²) in [6.45, 7) is 1.53. The number of likely N-dealkylation sites (tertiary alicyclic amines) is 1. The Morgan fingerprint density at radius 3 is 2.10 bits per heavy atom. The number of amides is 1. The minimum absolute atomic E-state index is 0.0331. The molecule has 0 N–H and O–H groups in total. The van der Waals surface area contributed by atoms with Crippen LogP contribution in [0.4, 0.5) is 8.78 Å². The van der Waals surface area contributed by atoms with Crippen molar-refractivity contribution >= 4 is 5.91 Å². The first kappa shape index (κ1) is 14.2. The van der Waals surface area contributed by atoms with Gasteiger partial charge in [0.1, 0.15) is 0 Å². The molecule has 3 aliphatic rings. The number of halogens is 2. The maximum absolute atomic E-state index is 12.8. The fourth-order valence-corrected chi connectivity index (χ4v) is 4.01. The van der Waals surface area contributed by atoms with Gasteiger partial charge in [-0.25, -0.2) is 8.78 Å². The zero-order valence-electron chi connectivity index (χ0n) is 12.4. The first-order valence-corrected chi connectivity index (χ1v) is 7.63. The fraction of sp³-hybridized carbons (Fsp3) is 0.933. The van der Waals surface area contributed by atoms with Crippen molar-refractivity contribution in [1.82, 2.24) is 9.80 Å². The van der Waals surface area contributed by atoms with Crippen molar-refractivity contribution < 1.29 is 13.6 Å². The summed E-state index contributed by atoms with van der Waals surface area (Å²) < 4.78 is 25.7. The molecule has 3 nitrogen and oxygen atoms in total. The Labute approximate surface area is 119 Å². The number of alkyl halides is 2. The number of hydrogen-bond acceptors (Lipinski definition) is 2. The molecule has 0 bridgehead atoms. The molecule has 3 rings (SSSR count). The molecular weight excluding hydrogens is 262 g/mol. The molecule has 3 fully saturated rings. The van der Waals surface area contributed by atoms with E-state index in [1.807, 2.05) is 4.90 Å². The molecule has 1 amide bonds. The summed E-state index contributed by atoms with van der Waals surface area (Å²) in [4.78, 5) is 16.2. The summed E-state index contributed by atoms with van der Waals surface area (Å²) in [5.41, 5.74) is 0.426. The Kier molecular flexibility index (Phi) is 3.31. The van der Waals surface area contributed by atoms with Crippen molar-refractivity contribution in [1.29, 1.82) is 0 Å². The standard InChI is InChI=1S/C15H24F2N2O/c1-18(2)12-9-14(10-12)3-5-19(6-4-14)13(20)11-7-15(16,17)8-11/h11-12H,3-10H2,1-2H3. The second kappa shape index (κ2) is 4.65. The molecular formula is C15H24F2N2O. The quantitative estimate of drug-likeness (QED) is 0.778. The highest BCUT2D eigenvalue weighted by atomic mass is 19.3. The van der Waals surface area contributed by atoms with Crippen molar-refractivity contribution in [2.45, 2.75) is 50.5 Å². The summed E-state index contributed by atoms with van der Waals surface area (Å²) >= 11 is 0. The lowest BCUT2D eigenvalue weighted by molar-refractivity contribution is -0.163. The van der Waals surface area contributed by atoms with E-state index in [0.717, 1.165) is 25.9 Å². The first-order valence-electron chi connectivity index (χ1n) is 7.63. The summed E-state index contributed by atoms with van der Waals surface area (Å²) in [7, 11) is 4.24. The van der Waals surface area contributed by atoms with Crippen LogP contribution in [0.5, 0.6) is 0 Å². The summed E-state index contributed by atoms with van der Waals surface area (Å²) in [5, 5.41) is 0. The summed E-state index contributed by atoms with van der Waals surface area (Å²) in [6.07, 6.45) is 4.07. The van der Waals surface area contributed by atoms with Gasteiger partial charge in [0.05, 0.1) is 0 Å². The summed E-state index contributed by atoms with van der Waals surface area (Å²) in [6, 6.07) is 0.683. The average Bonchev–Trinajstić information content (AvgIpc) is 2.32. The lowest BCUT2D eigenvalue weighted by Gasteiger charge is -2.54. The highest BCUT2D eigenvalue weighted by molar-refractivity contribution is 5.80.